The first-order valence-corrected chi connectivity index (χ1v) is 5.98. The lowest BCUT2D eigenvalue weighted by Gasteiger charge is -2.18. The molecule has 1 unspecified atom stereocenters. The van der Waals surface area contributed by atoms with Gasteiger partial charge in [0.25, 0.3) is 0 Å². The lowest BCUT2D eigenvalue weighted by Crippen LogP contribution is -2.06. The highest BCUT2D eigenvalue weighted by molar-refractivity contribution is 5.39. The highest BCUT2D eigenvalue weighted by atomic mass is 19.1. The van der Waals surface area contributed by atoms with Crippen molar-refractivity contribution < 1.29 is 9.13 Å². The van der Waals surface area contributed by atoms with E-state index in [1.807, 2.05) is 26.8 Å². The summed E-state index contributed by atoms with van der Waals surface area (Å²) in [5.41, 5.74) is 3.25. The van der Waals surface area contributed by atoms with Crippen molar-refractivity contribution in [3.8, 4) is 0 Å². The molecular formula is C14H19FO. The third kappa shape index (κ3) is 1.99. The zero-order valence-corrected chi connectivity index (χ0v) is 10.2. The molecule has 0 spiro atoms. The molecule has 2 rings (SSSR count). The summed E-state index contributed by atoms with van der Waals surface area (Å²) in [7, 11) is 0. The lowest BCUT2D eigenvalue weighted by molar-refractivity contribution is 0.194. The summed E-state index contributed by atoms with van der Waals surface area (Å²) in [6.45, 7) is 7.73. The van der Waals surface area contributed by atoms with Crippen molar-refractivity contribution in [3.05, 3.63) is 34.6 Å². The van der Waals surface area contributed by atoms with Gasteiger partial charge in [0.05, 0.1) is 6.61 Å². The lowest BCUT2D eigenvalue weighted by atomic mass is 9.87. The second-order valence-electron chi connectivity index (χ2n) is 4.89. The molecule has 0 radical (unpaired) electrons. The van der Waals surface area contributed by atoms with E-state index >= 15 is 0 Å². The molecule has 1 heterocycles. The van der Waals surface area contributed by atoms with Crippen molar-refractivity contribution in [1.29, 1.82) is 0 Å². The largest absolute Gasteiger partial charge is 0.381 e. The van der Waals surface area contributed by atoms with E-state index in [1.165, 1.54) is 5.56 Å². The summed E-state index contributed by atoms with van der Waals surface area (Å²) in [5.74, 6) is 0.621. The maximum atomic E-state index is 13.7. The Morgan fingerprint density at radius 2 is 2.12 bits per heavy atom. The molecule has 88 valence electrons. The average molecular weight is 222 g/mol. The van der Waals surface area contributed by atoms with Crippen LogP contribution in [0.2, 0.25) is 0 Å². The maximum absolute atomic E-state index is 13.7. The van der Waals surface area contributed by atoms with E-state index < -0.39 is 0 Å². The van der Waals surface area contributed by atoms with Crippen molar-refractivity contribution in [2.24, 2.45) is 0 Å². The van der Waals surface area contributed by atoms with Crippen LogP contribution in [0.4, 0.5) is 4.39 Å². The summed E-state index contributed by atoms with van der Waals surface area (Å²) >= 11 is 0. The van der Waals surface area contributed by atoms with E-state index in [0.29, 0.717) is 5.92 Å². The van der Waals surface area contributed by atoms with Crippen molar-refractivity contribution in [1.82, 2.24) is 0 Å². The Balaban J connectivity index is 2.43. The van der Waals surface area contributed by atoms with Crippen LogP contribution in [-0.2, 0) is 4.74 Å². The van der Waals surface area contributed by atoms with Gasteiger partial charge >= 0.3 is 0 Å². The molecule has 1 atom stereocenters. The standard InChI is InChI=1S/C14H19FO/c1-9(2)14-10(3)12(4-5-13(14)15)11-6-7-16-8-11/h4-5,9,11H,6-8H2,1-3H3. The molecule has 1 nitrogen and oxygen atoms in total. The van der Waals surface area contributed by atoms with Gasteiger partial charge < -0.3 is 4.74 Å². The highest BCUT2D eigenvalue weighted by Gasteiger charge is 2.22. The minimum absolute atomic E-state index is 0.0739. The molecule has 1 aromatic rings. The van der Waals surface area contributed by atoms with E-state index in [2.05, 4.69) is 0 Å². The summed E-state index contributed by atoms with van der Waals surface area (Å²) < 4.78 is 19.1. The van der Waals surface area contributed by atoms with Crippen LogP contribution in [0.5, 0.6) is 0 Å². The Kier molecular flexibility index (Phi) is 3.29. The Hall–Kier alpha value is -0.890. The summed E-state index contributed by atoms with van der Waals surface area (Å²) in [4.78, 5) is 0. The van der Waals surface area contributed by atoms with Gasteiger partial charge in [0.1, 0.15) is 5.82 Å². The molecule has 0 aliphatic carbocycles. The van der Waals surface area contributed by atoms with Crippen LogP contribution in [-0.4, -0.2) is 13.2 Å². The van der Waals surface area contributed by atoms with Gasteiger partial charge in [-0.1, -0.05) is 19.9 Å². The van der Waals surface area contributed by atoms with Crippen molar-refractivity contribution in [2.45, 2.75) is 39.0 Å². The molecule has 1 fully saturated rings. The van der Waals surface area contributed by atoms with Crippen LogP contribution in [0.3, 0.4) is 0 Å². The molecule has 1 saturated heterocycles. The van der Waals surface area contributed by atoms with Crippen LogP contribution < -0.4 is 0 Å². The predicted octanol–water partition coefficient (Wildman–Crippen LogP) is 3.76. The molecule has 0 bridgehead atoms. The number of rotatable bonds is 2. The maximum Gasteiger partial charge on any atom is 0.126 e. The topological polar surface area (TPSA) is 9.23 Å². The van der Waals surface area contributed by atoms with Crippen molar-refractivity contribution in [2.75, 3.05) is 13.2 Å². The van der Waals surface area contributed by atoms with E-state index in [0.717, 1.165) is 30.8 Å². The van der Waals surface area contributed by atoms with Gasteiger partial charge in [-0.3, -0.25) is 0 Å². The fraction of sp³-hybridized carbons (Fsp3) is 0.571. The molecule has 1 aromatic carbocycles. The smallest absolute Gasteiger partial charge is 0.126 e. The number of ether oxygens (including phenoxy) is 1. The van der Waals surface area contributed by atoms with Crippen molar-refractivity contribution in [3.63, 3.8) is 0 Å². The highest BCUT2D eigenvalue weighted by Crippen LogP contribution is 2.33. The molecule has 2 heteroatoms. The fourth-order valence-electron chi connectivity index (χ4n) is 2.64. The third-order valence-electron chi connectivity index (χ3n) is 3.45. The van der Waals surface area contributed by atoms with E-state index in [4.69, 9.17) is 4.74 Å². The predicted molar refractivity (Wildman–Crippen MR) is 63.4 cm³/mol. The number of hydrogen-bond acceptors (Lipinski definition) is 1. The van der Waals surface area contributed by atoms with Gasteiger partial charge in [0.2, 0.25) is 0 Å². The second kappa shape index (κ2) is 4.54. The zero-order chi connectivity index (χ0) is 11.7. The normalized spacial score (nSPS) is 20.7. The molecular weight excluding hydrogens is 203 g/mol. The van der Waals surface area contributed by atoms with E-state index in [1.54, 1.807) is 6.07 Å². The summed E-state index contributed by atoms with van der Waals surface area (Å²) in [6, 6.07) is 3.53. The first kappa shape index (κ1) is 11.6. The molecule has 0 amide bonds. The van der Waals surface area contributed by atoms with Crippen molar-refractivity contribution >= 4 is 0 Å². The molecule has 0 aromatic heterocycles. The van der Waals surface area contributed by atoms with Gasteiger partial charge in [-0.15, -0.1) is 0 Å². The minimum Gasteiger partial charge on any atom is -0.381 e. The second-order valence-corrected chi connectivity index (χ2v) is 4.89. The quantitative estimate of drug-likeness (QED) is 0.740. The Labute approximate surface area is 96.6 Å². The fourth-order valence-corrected chi connectivity index (χ4v) is 2.64. The summed E-state index contributed by atoms with van der Waals surface area (Å²) in [6.07, 6.45) is 1.06. The monoisotopic (exact) mass is 222 g/mol. The van der Waals surface area contributed by atoms with Gasteiger partial charge in [-0.25, -0.2) is 4.39 Å². The van der Waals surface area contributed by atoms with Crippen LogP contribution in [0.1, 0.15) is 48.8 Å². The van der Waals surface area contributed by atoms with Gasteiger partial charge in [-0.2, -0.15) is 0 Å². The average Bonchev–Trinajstić information content (AvgIpc) is 2.70. The number of hydrogen-bond donors (Lipinski definition) is 0. The zero-order valence-electron chi connectivity index (χ0n) is 10.2. The van der Waals surface area contributed by atoms with Gasteiger partial charge in [0.15, 0.2) is 0 Å². The Morgan fingerprint density at radius 1 is 1.38 bits per heavy atom. The molecule has 1 aliphatic heterocycles. The Bertz CT molecular complexity index is 379. The van der Waals surface area contributed by atoms with Crippen LogP contribution in [0, 0.1) is 12.7 Å². The number of halogens is 1. The van der Waals surface area contributed by atoms with Gasteiger partial charge in [-0.05, 0) is 42.0 Å². The third-order valence-corrected chi connectivity index (χ3v) is 3.45. The molecule has 0 saturated carbocycles. The molecule has 16 heavy (non-hydrogen) atoms. The van der Waals surface area contributed by atoms with E-state index in [9.17, 15) is 4.39 Å². The molecule has 1 aliphatic rings. The van der Waals surface area contributed by atoms with Crippen LogP contribution in [0.15, 0.2) is 12.1 Å². The van der Waals surface area contributed by atoms with Crippen LogP contribution >= 0.6 is 0 Å². The van der Waals surface area contributed by atoms with Crippen LogP contribution in [0.25, 0.3) is 0 Å². The first-order valence-electron chi connectivity index (χ1n) is 5.98. The minimum atomic E-state index is -0.0739. The molecule has 0 N–H and O–H groups in total. The van der Waals surface area contributed by atoms with E-state index in [-0.39, 0.29) is 11.7 Å². The first-order chi connectivity index (χ1) is 7.61. The Morgan fingerprint density at radius 3 is 2.69 bits per heavy atom. The SMILES string of the molecule is Cc1c(C2CCOC2)ccc(F)c1C(C)C. The van der Waals surface area contributed by atoms with Gasteiger partial charge in [0, 0.05) is 12.5 Å². The number of benzene rings is 1. The summed E-state index contributed by atoms with van der Waals surface area (Å²) in [5, 5.41) is 0.